The second-order valence-corrected chi connectivity index (χ2v) is 8.16. The van der Waals surface area contributed by atoms with Gasteiger partial charge in [0.15, 0.2) is 6.29 Å². The number of methoxy groups -OCH3 is 1. The topological polar surface area (TPSA) is 105 Å². The Morgan fingerprint density at radius 2 is 2.07 bits per heavy atom. The Kier molecular flexibility index (Phi) is 6.77. The number of nitrogens with one attached hydrogen (secondary N) is 1. The van der Waals surface area contributed by atoms with Gasteiger partial charge in [-0.15, -0.1) is 0 Å². The Morgan fingerprint density at radius 1 is 1.39 bits per heavy atom. The molecule has 1 aromatic rings. The maximum atomic E-state index is 12.2. The van der Waals surface area contributed by atoms with Gasteiger partial charge in [-0.25, -0.2) is 9.59 Å². The zero-order valence-electron chi connectivity index (χ0n) is 16.3. The maximum absolute atomic E-state index is 12.2. The number of anilines is 1. The summed E-state index contributed by atoms with van der Waals surface area (Å²) in [6, 6.07) is 2.57. The number of carbonyl (C=O) groups excluding carboxylic acids is 2. The first-order valence-corrected chi connectivity index (χ1v) is 9.22. The molecule has 1 fully saturated rings. The Morgan fingerprint density at radius 3 is 2.61 bits per heavy atom. The van der Waals surface area contributed by atoms with Gasteiger partial charge in [0, 0.05) is 24.6 Å². The average Bonchev–Trinajstić information content (AvgIpc) is 3.06. The highest BCUT2D eigenvalue weighted by Gasteiger charge is 2.44. The number of nitrogens with zero attached hydrogens (tertiary/aromatic N) is 1. The van der Waals surface area contributed by atoms with Crippen molar-refractivity contribution in [1.82, 2.24) is 4.90 Å². The van der Waals surface area contributed by atoms with E-state index in [1.807, 2.05) is 20.8 Å². The number of amides is 2. The van der Waals surface area contributed by atoms with Crippen molar-refractivity contribution in [2.24, 2.45) is 11.3 Å². The van der Waals surface area contributed by atoms with Crippen LogP contribution in [0.2, 0.25) is 5.02 Å². The van der Waals surface area contributed by atoms with Crippen LogP contribution < -0.4 is 10.1 Å². The molecule has 1 heterocycles. The van der Waals surface area contributed by atoms with Gasteiger partial charge in [0.1, 0.15) is 5.75 Å². The van der Waals surface area contributed by atoms with Crippen LogP contribution in [-0.4, -0.2) is 54.8 Å². The van der Waals surface area contributed by atoms with E-state index < -0.39 is 12.2 Å². The summed E-state index contributed by atoms with van der Waals surface area (Å²) >= 11 is 6.09. The molecule has 1 aromatic carbocycles. The van der Waals surface area contributed by atoms with Crippen LogP contribution in [0, 0.1) is 11.3 Å². The first kappa shape index (κ1) is 21.8. The highest BCUT2D eigenvalue weighted by Crippen LogP contribution is 2.37. The number of rotatable bonds is 5. The third-order valence-corrected chi connectivity index (χ3v) is 5.08. The molecular formula is C19H25ClN2O6. The number of hydrogen-bond donors (Lipinski definition) is 2. The number of hydrogen-bond acceptors (Lipinski definition) is 5. The van der Waals surface area contributed by atoms with Gasteiger partial charge in [0.25, 0.3) is 0 Å². The number of ether oxygens (including phenoxy) is 2. The molecule has 2 N–H and O–H groups in total. The third-order valence-electron chi connectivity index (χ3n) is 4.77. The van der Waals surface area contributed by atoms with Crippen molar-refractivity contribution < 1.29 is 29.0 Å². The molecule has 1 aliphatic heterocycles. The number of carbonyl (C=O) groups is 3. The maximum Gasteiger partial charge on any atom is 0.411 e. The van der Waals surface area contributed by atoms with E-state index in [1.54, 1.807) is 0 Å². The summed E-state index contributed by atoms with van der Waals surface area (Å²) in [7, 11) is 1.40. The van der Waals surface area contributed by atoms with Gasteiger partial charge >= 0.3 is 12.2 Å². The molecule has 0 spiro atoms. The predicted octanol–water partition coefficient (Wildman–Crippen LogP) is 4.12. The van der Waals surface area contributed by atoms with Gasteiger partial charge in [0.2, 0.25) is 0 Å². The molecule has 0 aliphatic carbocycles. The Hall–Kier alpha value is -2.48. The molecule has 8 nitrogen and oxygen atoms in total. The fourth-order valence-corrected chi connectivity index (χ4v) is 3.90. The molecule has 1 unspecified atom stereocenters. The predicted molar refractivity (Wildman–Crippen MR) is 104 cm³/mol. The van der Waals surface area contributed by atoms with E-state index in [0.717, 1.165) is 0 Å². The smallest absolute Gasteiger partial charge is 0.411 e. The van der Waals surface area contributed by atoms with Gasteiger partial charge in [0.05, 0.1) is 30.0 Å². The first-order chi connectivity index (χ1) is 13.1. The number of likely N-dealkylation sites (tertiary alicyclic amines) is 1. The molecule has 2 rings (SSSR count). The molecule has 0 bridgehead atoms. The fourth-order valence-electron chi connectivity index (χ4n) is 3.68. The number of carboxylic acid groups (broad SMARTS) is 1. The standard InChI is InChI=1S/C19H25ClN2O6/c1-19(2,3)16-11(5-6-22(16)18(25)26)10-28-17(24)21-14-8-15(27-4)12(9-23)7-13(14)20/h7-9,11,16H,5-6,10H2,1-4H3,(H,21,24)(H,25,26)/t11-,16?/m1/s1. The third kappa shape index (κ3) is 4.86. The van der Waals surface area contributed by atoms with E-state index >= 15 is 0 Å². The second kappa shape index (κ2) is 8.68. The minimum atomic E-state index is -0.971. The minimum Gasteiger partial charge on any atom is -0.496 e. The van der Waals surface area contributed by atoms with Crippen LogP contribution in [0.25, 0.3) is 0 Å². The monoisotopic (exact) mass is 412 g/mol. The molecule has 0 saturated carbocycles. The van der Waals surface area contributed by atoms with Crippen LogP contribution in [0.1, 0.15) is 37.6 Å². The minimum absolute atomic E-state index is 0.0821. The highest BCUT2D eigenvalue weighted by molar-refractivity contribution is 6.34. The van der Waals surface area contributed by atoms with Crippen molar-refractivity contribution in [3.63, 3.8) is 0 Å². The van der Waals surface area contributed by atoms with Crippen molar-refractivity contribution in [3.05, 3.63) is 22.7 Å². The normalized spacial score (nSPS) is 19.2. The SMILES string of the molecule is COc1cc(NC(=O)OC[C@H]2CCN(C(=O)O)C2C(C)(C)C)c(Cl)cc1C=O. The van der Waals surface area contributed by atoms with Gasteiger partial charge in [-0.2, -0.15) is 0 Å². The van der Waals surface area contributed by atoms with Crippen molar-refractivity contribution in [2.75, 3.05) is 25.6 Å². The van der Waals surface area contributed by atoms with Crippen molar-refractivity contribution in [2.45, 2.75) is 33.2 Å². The summed E-state index contributed by atoms with van der Waals surface area (Å²) in [5.74, 6) is 0.166. The fraction of sp³-hybridized carbons (Fsp3) is 0.526. The lowest BCUT2D eigenvalue weighted by Gasteiger charge is -2.36. The summed E-state index contributed by atoms with van der Waals surface area (Å²) in [6.07, 6.45) is -0.469. The van der Waals surface area contributed by atoms with E-state index in [9.17, 15) is 19.5 Å². The summed E-state index contributed by atoms with van der Waals surface area (Å²) in [6.45, 7) is 6.38. The van der Waals surface area contributed by atoms with Crippen LogP contribution >= 0.6 is 11.6 Å². The van der Waals surface area contributed by atoms with Crippen LogP contribution in [0.15, 0.2) is 12.1 Å². The molecule has 0 radical (unpaired) electrons. The summed E-state index contributed by atoms with van der Waals surface area (Å²) in [5.41, 5.74) is 0.222. The lowest BCUT2D eigenvalue weighted by molar-refractivity contribution is 0.0686. The van der Waals surface area contributed by atoms with Crippen LogP contribution in [0.4, 0.5) is 15.3 Å². The number of halogens is 1. The average molecular weight is 413 g/mol. The van der Waals surface area contributed by atoms with Crippen LogP contribution in [-0.2, 0) is 4.74 Å². The van der Waals surface area contributed by atoms with E-state index in [-0.39, 0.29) is 46.0 Å². The molecule has 2 amide bonds. The van der Waals surface area contributed by atoms with Crippen molar-refractivity contribution in [1.29, 1.82) is 0 Å². The lowest BCUT2D eigenvalue weighted by Crippen LogP contribution is -2.46. The number of aldehydes is 1. The Labute approximate surface area is 168 Å². The van der Waals surface area contributed by atoms with Gasteiger partial charge in [-0.05, 0) is 17.9 Å². The van der Waals surface area contributed by atoms with E-state index in [0.29, 0.717) is 19.3 Å². The second-order valence-electron chi connectivity index (χ2n) is 7.75. The molecule has 0 aromatic heterocycles. The lowest BCUT2D eigenvalue weighted by atomic mass is 9.80. The molecule has 28 heavy (non-hydrogen) atoms. The van der Waals surface area contributed by atoms with E-state index in [2.05, 4.69) is 5.32 Å². The highest BCUT2D eigenvalue weighted by atomic mass is 35.5. The molecule has 1 aliphatic rings. The molecule has 2 atom stereocenters. The summed E-state index contributed by atoms with van der Waals surface area (Å²) in [4.78, 5) is 36.1. The van der Waals surface area contributed by atoms with Gasteiger partial charge < -0.3 is 19.5 Å². The molecular weight excluding hydrogens is 388 g/mol. The van der Waals surface area contributed by atoms with Crippen LogP contribution in [0.3, 0.4) is 0 Å². The van der Waals surface area contributed by atoms with E-state index in [1.165, 1.54) is 24.1 Å². The first-order valence-electron chi connectivity index (χ1n) is 8.84. The molecule has 9 heteroatoms. The van der Waals surface area contributed by atoms with Crippen LogP contribution in [0.5, 0.6) is 5.75 Å². The Balaban J connectivity index is 2.04. The summed E-state index contributed by atoms with van der Waals surface area (Å²) in [5, 5.41) is 12.1. The Bertz CT molecular complexity index is 762. The quantitative estimate of drug-likeness (QED) is 0.704. The van der Waals surface area contributed by atoms with Gasteiger partial charge in [-0.1, -0.05) is 32.4 Å². The van der Waals surface area contributed by atoms with Crippen molar-refractivity contribution >= 4 is 35.8 Å². The molecule has 1 saturated heterocycles. The zero-order valence-corrected chi connectivity index (χ0v) is 17.1. The largest absolute Gasteiger partial charge is 0.496 e. The van der Waals surface area contributed by atoms with E-state index in [4.69, 9.17) is 21.1 Å². The molecule has 154 valence electrons. The zero-order chi connectivity index (χ0) is 21.1. The van der Waals surface area contributed by atoms with Crippen molar-refractivity contribution in [3.8, 4) is 5.75 Å². The van der Waals surface area contributed by atoms with Gasteiger partial charge in [-0.3, -0.25) is 10.1 Å². The number of benzene rings is 1. The summed E-state index contributed by atoms with van der Waals surface area (Å²) < 4.78 is 10.4.